The van der Waals surface area contributed by atoms with Gasteiger partial charge in [-0.25, -0.2) is 0 Å². The summed E-state index contributed by atoms with van der Waals surface area (Å²) in [4.78, 5) is 34.6. The Morgan fingerprint density at radius 3 is 2.29 bits per heavy atom. The number of ketones is 2. The summed E-state index contributed by atoms with van der Waals surface area (Å²) in [6.45, 7) is 0. The number of halogens is 2. The maximum atomic E-state index is 13.4. The second kappa shape index (κ2) is 5.86. The Morgan fingerprint density at radius 2 is 1.67 bits per heavy atom. The van der Waals surface area contributed by atoms with E-state index in [9.17, 15) is 24.1 Å². The molecule has 24 heavy (non-hydrogen) atoms. The number of rotatable bonds is 3. The summed E-state index contributed by atoms with van der Waals surface area (Å²) < 4.78 is 13.4. The van der Waals surface area contributed by atoms with E-state index in [0.29, 0.717) is 0 Å². The van der Waals surface area contributed by atoms with Crippen LogP contribution in [0, 0.1) is 15.9 Å². The fourth-order valence-corrected chi connectivity index (χ4v) is 2.57. The van der Waals surface area contributed by atoms with Gasteiger partial charge in [-0.3, -0.25) is 19.7 Å². The number of nitro benzene ring substituents is 1. The van der Waals surface area contributed by atoms with Crippen LogP contribution in [0.1, 0.15) is 20.7 Å². The molecule has 0 aromatic heterocycles. The highest BCUT2D eigenvalue weighted by atomic mass is 35.5. The van der Waals surface area contributed by atoms with E-state index in [2.05, 4.69) is 5.32 Å². The number of nitrogens with zero attached hydrogens (tertiary/aromatic N) is 1. The van der Waals surface area contributed by atoms with Crippen molar-refractivity contribution in [3.8, 4) is 0 Å². The number of carbonyl (C=O) groups is 2. The van der Waals surface area contributed by atoms with E-state index in [1.54, 1.807) is 12.1 Å². The fraction of sp³-hybridized carbons (Fsp3) is 0. The van der Waals surface area contributed by atoms with Crippen LogP contribution in [0.5, 0.6) is 0 Å². The first-order chi connectivity index (χ1) is 11.4. The number of nitro groups is 1. The summed E-state index contributed by atoms with van der Waals surface area (Å²) in [7, 11) is 0. The minimum absolute atomic E-state index is 0.0665. The minimum atomic E-state index is -1.01. The molecule has 1 aliphatic carbocycles. The predicted octanol–water partition coefficient (Wildman–Crippen LogP) is 3.68. The molecule has 6 nitrogen and oxygen atoms in total. The number of hydrogen-bond donors (Lipinski definition) is 1. The molecule has 0 saturated heterocycles. The summed E-state index contributed by atoms with van der Waals surface area (Å²) in [5.74, 6) is -2.07. The van der Waals surface area contributed by atoms with Gasteiger partial charge in [0.15, 0.2) is 0 Å². The molecule has 0 heterocycles. The molecule has 1 N–H and O–H groups in total. The smallest absolute Gasteiger partial charge is 0.306 e. The van der Waals surface area contributed by atoms with Crippen molar-refractivity contribution in [2.75, 3.05) is 5.32 Å². The normalized spacial score (nSPS) is 13.8. The standard InChI is InChI=1S/C16H8ClFN2O4/c17-13-14(16(22)10-4-2-1-3-9(10)15(13)21)19-8-5-6-11(18)12(7-8)20(23)24/h1-7,19H. The van der Waals surface area contributed by atoms with Crippen LogP contribution in [0.2, 0.25) is 0 Å². The Balaban J connectivity index is 2.03. The van der Waals surface area contributed by atoms with Gasteiger partial charge in [-0.1, -0.05) is 35.9 Å². The Kier molecular flexibility index (Phi) is 3.86. The average molecular weight is 347 g/mol. The maximum absolute atomic E-state index is 13.4. The van der Waals surface area contributed by atoms with E-state index in [0.717, 1.165) is 12.1 Å². The lowest BCUT2D eigenvalue weighted by molar-refractivity contribution is -0.387. The highest BCUT2D eigenvalue weighted by molar-refractivity contribution is 6.50. The van der Waals surface area contributed by atoms with E-state index in [4.69, 9.17) is 11.6 Å². The van der Waals surface area contributed by atoms with Gasteiger partial charge in [0, 0.05) is 22.9 Å². The highest BCUT2D eigenvalue weighted by Gasteiger charge is 2.31. The molecule has 0 aliphatic heterocycles. The maximum Gasteiger partial charge on any atom is 0.306 e. The molecule has 0 bridgehead atoms. The Bertz CT molecular complexity index is 939. The number of fused-ring (bicyclic) bond motifs is 1. The molecule has 2 aromatic rings. The molecule has 8 heteroatoms. The summed E-state index contributed by atoms with van der Waals surface area (Å²) in [5, 5.41) is 13.0. The van der Waals surface area contributed by atoms with Crippen molar-refractivity contribution in [1.29, 1.82) is 0 Å². The second-order valence-corrected chi connectivity index (χ2v) is 5.32. The second-order valence-electron chi connectivity index (χ2n) is 4.94. The van der Waals surface area contributed by atoms with Gasteiger partial charge in [0.1, 0.15) is 10.7 Å². The molecule has 0 radical (unpaired) electrons. The zero-order valence-corrected chi connectivity index (χ0v) is 12.6. The van der Waals surface area contributed by atoms with Crippen LogP contribution >= 0.6 is 11.6 Å². The summed E-state index contributed by atoms with van der Waals surface area (Å²) in [6, 6.07) is 9.19. The van der Waals surface area contributed by atoms with E-state index in [-0.39, 0.29) is 27.5 Å². The van der Waals surface area contributed by atoms with Gasteiger partial charge in [-0.2, -0.15) is 4.39 Å². The number of carbonyl (C=O) groups excluding carboxylic acids is 2. The minimum Gasteiger partial charge on any atom is -0.351 e. The SMILES string of the molecule is O=C1C(Cl)=C(Nc2ccc(F)c([N+](=O)[O-])c2)C(=O)c2ccccc21. The predicted molar refractivity (Wildman–Crippen MR) is 84.7 cm³/mol. The van der Waals surface area contributed by atoms with Gasteiger partial charge in [-0.15, -0.1) is 0 Å². The first-order valence-electron chi connectivity index (χ1n) is 6.69. The van der Waals surface area contributed by atoms with Crippen molar-refractivity contribution in [2.24, 2.45) is 0 Å². The molecule has 2 aromatic carbocycles. The number of nitrogens with one attached hydrogen (secondary N) is 1. The number of anilines is 1. The molecular weight excluding hydrogens is 339 g/mol. The third-order valence-corrected chi connectivity index (χ3v) is 3.84. The first-order valence-corrected chi connectivity index (χ1v) is 7.07. The van der Waals surface area contributed by atoms with Crippen molar-refractivity contribution in [3.63, 3.8) is 0 Å². The average Bonchev–Trinajstić information content (AvgIpc) is 2.58. The fourth-order valence-electron chi connectivity index (χ4n) is 2.33. The zero-order valence-electron chi connectivity index (χ0n) is 11.9. The molecule has 0 atom stereocenters. The summed E-state index contributed by atoms with van der Waals surface area (Å²) in [6.07, 6.45) is 0. The number of Topliss-reactive ketones (excluding diaryl/α,β-unsaturated/α-hetero) is 2. The van der Waals surface area contributed by atoms with Gasteiger partial charge in [0.2, 0.25) is 17.4 Å². The Labute approximate surface area is 139 Å². The summed E-state index contributed by atoms with van der Waals surface area (Å²) >= 11 is 5.98. The van der Waals surface area contributed by atoms with Crippen LogP contribution in [0.3, 0.4) is 0 Å². The van der Waals surface area contributed by atoms with Gasteiger partial charge in [0.25, 0.3) is 0 Å². The molecule has 0 fully saturated rings. The monoisotopic (exact) mass is 346 g/mol. The van der Waals surface area contributed by atoms with Crippen molar-refractivity contribution in [3.05, 3.63) is 80.3 Å². The molecule has 1 aliphatic rings. The van der Waals surface area contributed by atoms with Gasteiger partial charge in [-0.05, 0) is 12.1 Å². The number of benzene rings is 2. The lowest BCUT2D eigenvalue weighted by atomic mass is 9.92. The highest BCUT2D eigenvalue weighted by Crippen LogP contribution is 2.30. The Morgan fingerprint density at radius 1 is 1.04 bits per heavy atom. The van der Waals surface area contributed by atoms with Gasteiger partial charge in [0.05, 0.1) is 4.92 Å². The van der Waals surface area contributed by atoms with Crippen LogP contribution in [0.4, 0.5) is 15.8 Å². The van der Waals surface area contributed by atoms with E-state index in [1.165, 1.54) is 18.2 Å². The largest absolute Gasteiger partial charge is 0.351 e. The van der Waals surface area contributed by atoms with Crippen molar-refractivity contribution >= 4 is 34.5 Å². The van der Waals surface area contributed by atoms with Crippen molar-refractivity contribution in [2.45, 2.75) is 0 Å². The number of hydrogen-bond acceptors (Lipinski definition) is 5. The molecule has 3 rings (SSSR count). The quantitative estimate of drug-likeness (QED) is 0.676. The summed E-state index contributed by atoms with van der Waals surface area (Å²) in [5.41, 5.74) is -0.543. The van der Waals surface area contributed by atoms with Crippen LogP contribution in [0.25, 0.3) is 0 Å². The number of allylic oxidation sites excluding steroid dienone is 2. The lowest BCUT2D eigenvalue weighted by Crippen LogP contribution is -2.24. The third kappa shape index (κ3) is 2.55. The molecule has 0 saturated carbocycles. The van der Waals surface area contributed by atoms with Crippen molar-refractivity contribution < 1.29 is 18.9 Å². The molecular formula is C16H8ClFN2O4. The van der Waals surface area contributed by atoms with Crippen LogP contribution in [0.15, 0.2) is 53.2 Å². The van der Waals surface area contributed by atoms with Crippen molar-refractivity contribution in [1.82, 2.24) is 0 Å². The molecule has 0 amide bonds. The first kappa shape index (κ1) is 15.8. The van der Waals surface area contributed by atoms with Gasteiger partial charge < -0.3 is 5.32 Å². The van der Waals surface area contributed by atoms with Crippen LogP contribution in [-0.2, 0) is 0 Å². The van der Waals surface area contributed by atoms with E-state index in [1.807, 2.05) is 0 Å². The van der Waals surface area contributed by atoms with Crippen LogP contribution in [-0.4, -0.2) is 16.5 Å². The lowest BCUT2D eigenvalue weighted by Gasteiger charge is -2.18. The molecule has 0 spiro atoms. The molecule has 120 valence electrons. The van der Waals surface area contributed by atoms with E-state index >= 15 is 0 Å². The van der Waals surface area contributed by atoms with Gasteiger partial charge >= 0.3 is 5.69 Å². The van der Waals surface area contributed by atoms with Crippen LogP contribution < -0.4 is 5.32 Å². The Hall–Kier alpha value is -3.06. The zero-order chi connectivity index (χ0) is 17.4. The third-order valence-electron chi connectivity index (χ3n) is 3.47. The molecule has 0 unspecified atom stereocenters. The topological polar surface area (TPSA) is 89.3 Å². The van der Waals surface area contributed by atoms with E-state index < -0.39 is 28.0 Å².